The Morgan fingerprint density at radius 2 is 1.71 bits per heavy atom. The molecule has 2 aromatic carbocycles. The molecule has 200 valence electrons. The zero-order valence-electron chi connectivity index (χ0n) is 20.5. The molecule has 10 heteroatoms. The van der Waals surface area contributed by atoms with E-state index in [0.29, 0.717) is 17.0 Å². The van der Waals surface area contributed by atoms with Gasteiger partial charge in [0.05, 0.1) is 18.3 Å². The summed E-state index contributed by atoms with van der Waals surface area (Å²) in [7, 11) is 0. The molecular formula is C28H27F3N2O5. The van der Waals surface area contributed by atoms with Crippen LogP contribution in [0.3, 0.4) is 0 Å². The van der Waals surface area contributed by atoms with Crippen LogP contribution in [0.15, 0.2) is 53.1 Å². The van der Waals surface area contributed by atoms with Gasteiger partial charge in [-0.3, -0.25) is 0 Å². The monoisotopic (exact) mass is 528 g/mol. The Morgan fingerprint density at radius 1 is 1.03 bits per heavy atom. The largest absolute Gasteiger partial charge is 0.573 e. The van der Waals surface area contributed by atoms with E-state index in [1.54, 1.807) is 24.3 Å². The van der Waals surface area contributed by atoms with Gasteiger partial charge in [-0.15, -0.1) is 13.2 Å². The van der Waals surface area contributed by atoms with Gasteiger partial charge in [0.15, 0.2) is 0 Å². The van der Waals surface area contributed by atoms with E-state index in [1.807, 2.05) is 12.1 Å². The fourth-order valence-electron chi connectivity index (χ4n) is 5.88. The molecule has 1 N–H and O–H groups in total. The number of hydrogen-bond donors (Lipinski definition) is 1. The molecule has 2 bridgehead atoms. The maximum atomic E-state index is 13.0. The molecule has 1 aliphatic carbocycles. The predicted octanol–water partition coefficient (Wildman–Crippen LogP) is 6.53. The maximum Gasteiger partial charge on any atom is 0.573 e. The first-order chi connectivity index (χ1) is 18.3. The minimum Gasteiger partial charge on any atom is -0.478 e. The minimum absolute atomic E-state index is 0.0153. The van der Waals surface area contributed by atoms with E-state index in [1.165, 1.54) is 12.1 Å². The number of para-hydroxylation sites is 1. The van der Waals surface area contributed by atoms with Gasteiger partial charge in [-0.1, -0.05) is 17.3 Å². The van der Waals surface area contributed by atoms with Gasteiger partial charge in [0.1, 0.15) is 17.2 Å². The van der Waals surface area contributed by atoms with Gasteiger partial charge >= 0.3 is 12.3 Å². The molecule has 3 aromatic rings. The van der Waals surface area contributed by atoms with Crippen molar-refractivity contribution in [2.75, 3.05) is 4.90 Å². The van der Waals surface area contributed by atoms with Crippen molar-refractivity contribution in [3.63, 3.8) is 0 Å². The van der Waals surface area contributed by atoms with Crippen molar-refractivity contribution >= 4 is 11.7 Å². The maximum absolute atomic E-state index is 13.0. The highest BCUT2D eigenvalue weighted by Crippen LogP contribution is 2.46. The topological polar surface area (TPSA) is 85.0 Å². The van der Waals surface area contributed by atoms with Gasteiger partial charge in [0.25, 0.3) is 0 Å². The number of fused-ring (bicyclic) bond motifs is 2. The summed E-state index contributed by atoms with van der Waals surface area (Å²) in [5, 5.41) is 13.4. The Morgan fingerprint density at radius 3 is 2.34 bits per heavy atom. The molecule has 1 aromatic heterocycles. The second-order valence-electron chi connectivity index (χ2n) is 10.2. The van der Waals surface area contributed by atoms with Crippen LogP contribution in [0.1, 0.15) is 66.1 Å². The van der Waals surface area contributed by atoms with E-state index < -0.39 is 12.3 Å². The van der Waals surface area contributed by atoms with Gasteiger partial charge in [0.2, 0.25) is 0 Å². The number of aromatic nitrogens is 1. The third-order valence-electron chi connectivity index (χ3n) is 7.70. The number of piperidine rings is 1. The number of benzene rings is 2. The number of ether oxygens (including phenoxy) is 2. The zero-order valence-corrected chi connectivity index (χ0v) is 20.5. The van der Waals surface area contributed by atoms with Crippen molar-refractivity contribution < 1.29 is 37.1 Å². The van der Waals surface area contributed by atoms with Crippen molar-refractivity contribution in [3.05, 3.63) is 65.4 Å². The van der Waals surface area contributed by atoms with Crippen molar-refractivity contribution in [2.24, 2.45) is 0 Å². The first kappa shape index (κ1) is 24.8. The zero-order chi connectivity index (χ0) is 26.4. The summed E-state index contributed by atoms with van der Waals surface area (Å²) in [5.41, 5.74) is 2.51. The van der Waals surface area contributed by atoms with Gasteiger partial charge in [-0.05, 0) is 74.9 Å². The third-order valence-corrected chi connectivity index (χ3v) is 7.70. The molecular weight excluding hydrogens is 501 g/mol. The highest BCUT2D eigenvalue weighted by Gasteiger charge is 2.42. The number of carboxylic acid groups (broad SMARTS) is 1. The summed E-state index contributed by atoms with van der Waals surface area (Å²) in [6.07, 6.45) is 0.736. The number of carbonyl (C=O) groups is 1. The fraction of sp³-hybridized carbons (Fsp3) is 0.429. The summed E-state index contributed by atoms with van der Waals surface area (Å²) >= 11 is 0. The third kappa shape index (κ3) is 4.97. The fourth-order valence-corrected chi connectivity index (χ4v) is 5.88. The van der Waals surface area contributed by atoms with Crippen LogP contribution in [-0.4, -0.2) is 40.8 Å². The van der Waals surface area contributed by atoms with Gasteiger partial charge in [-0.25, -0.2) is 4.79 Å². The summed E-state index contributed by atoms with van der Waals surface area (Å²) < 4.78 is 55.4. The molecule has 2 aliphatic heterocycles. The molecule has 0 radical (unpaired) electrons. The van der Waals surface area contributed by atoms with Crippen LogP contribution >= 0.6 is 0 Å². The molecule has 1 saturated carbocycles. The summed E-state index contributed by atoms with van der Waals surface area (Å²) in [5.74, 6) is -0.381. The van der Waals surface area contributed by atoms with E-state index in [4.69, 9.17) is 9.26 Å². The number of halogens is 3. The first-order valence-electron chi connectivity index (χ1n) is 12.8. The second-order valence-corrected chi connectivity index (χ2v) is 10.2. The molecule has 3 fully saturated rings. The molecule has 6 rings (SSSR count). The Bertz CT molecular complexity index is 1300. The second kappa shape index (κ2) is 9.65. The van der Waals surface area contributed by atoms with Gasteiger partial charge in [0, 0.05) is 34.8 Å². The van der Waals surface area contributed by atoms with Crippen LogP contribution in [0.2, 0.25) is 0 Å². The van der Waals surface area contributed by atoms with Gasteiger partial charge in [-0.2, -0.15) is 0 Å². The van der Waals surface area contributed by atoms with Crippen molar-refractivity contribution in [1.29, 1.82) is 0 Å². The lowest BCUT2D eigenvalue weighted by Gasteiger charge is -2.40. The van der Waals surface area contributed by atoms with E-state index in [9.17, 15) is 23.1 Å². The molecule has 3 heterocycles. The number of aromatic carboxylic acids is 1. The average Bonchev–Trinajstić information content (AvgIpc) is 3.58. The number of carboxylic acids is 1. The SMILES string of the molecule is O=C(O)c1ccc(N2[C@@H]3CC[C@H]2CC(OCc2c(-c4ccccc4OC(F)(F)F)noc2C2CC2)C3)cc1. The lowest BCUT2D eigenvalue weighted by molar-refractivity contribution is -0.274. The average molecular weight is 529 g/mol. The first-order valence-corrected chi connectivity index (χ1v) is 12.8. The highest BCUT2D eigenvalue weighted by atomic mass is 19.4. The Hall–Kier alpha value is -3.53. The summed E-state index contributed by atoms with van der Waals surface area (Å²) in [6.45, 7) is 0.197. The smallest absolute Gasteiger partial charge is 0.478 e. The van der Waals surface area contributed by atoms with Crippen molar-refractivity contribution in [3.8, 4) is 17.0 Å². The normalized spacial score (nSPS) is 23.0. The Labute approximate surface area is 217 Å². The van der Waals surface area contributed by atoms with Crippen molar-refractivity contribution in [1.82, 2.24) is 5.16 Å². The molecule has 38 heavy (non-hydrogen) atoms. The summed E-state index contributed by atoms with van der Waals surface area (Å²) in [4.78, 5) is 13.6. The quantitative estimate of drug-likeness (QED) is 0.356. The van der Waals surface area contributed by atoms with Crippen LogP contribution in [0, 0.1) is 0 Å². The van der Waals surface area contributed by atoms with Gasteiger partial charge < -0.3 is 24.0 Å². The number of hydrogen-bond acceptors (Lipinski definition) is 6. The standard InChI is InChI=1S/C28H27F3N2O5/c29-28(30,31)37-24-4-2-1-3-22(24)25-23(26(38-32-25)16-5-6-16)15-36-21-13-19-11-12-20(14-21)33(19)18-9-7-17(8-10-18)27(34)35/h1-4,7-10,16,19-21H,5-6,11-15H2,(H,34,35)/t19-,20+,21?. The predicted molar refractivity (Wildman–Crippen MR) is 131 cm³/mol. The van der Waals surface area contributed by atoms with Crippen LogP contribution < -0.4 is 9.64 Å². The Kier molecular flexibility index (Phi) is 6.29. The van der Waals surface area contributed by atoms with Crippen LogP contribution in [-0.2, 0) is 11.3 Å². The van der Waals surface area contributed by atoms with Crippen LogP contribution in [0.25, 0.3) is 11.3 Å². The number of alkyl halides is 3. The highest BCUT2D eigenvalue weighted by molar-refractivity contribution is 5.88. The number of nitrogens with zero attached hydrogens (tertiary/aromatic N) is 2. The lowest BCUT2D eigenvalue weighted by Crippen LogP contribution is -2.45. The van der Waals surface area contributed by atoms with E-state index in [0.717, 1.165) is 44.2 Å². The molecule has 0 amide bonds. The molecule has 1 unspecified atom stereocenters. The minimum atomic E-state index is -4.82. The van der Waals surface area contributed by atoms with Crippen LogP contribution in [0.4, 0.5) is 18.9 Å². The van der Waals surface area contributed by atoms with Crippen molar-refractivity contribution in [2.45, 2.75) is 75.6 Å². The van der Waals surface area contributed by atoms with E-state index >= 15 is 0 Å². The molecule has 7 nitrogen and oxygen atoms in total. The number of anilines is 1. The summed E-state index contributed by atoms with van der Waals surface area (Å²) in [6, 6.07) is 13.5. The number of rotatable bonds is 8. The van der Waals surface area contributed by atoms with Crippen LogP contribution in [0.5, 0.6) is 5.75 Å². The molecule has 3 atom stereocenters. The molecule has 0 spiro atoms. The molecule has 3 aliphatic rings. The molecule has 2 saturated heterocycles. The Balaban J connectivity index is 1.19. The van der Waals surface area contributed by atoms with E-state index in [2.05, 4.69) is 14.8 Å². The van der Waals surface area contributed by atoms with E-state index in [-0.39, 0.29) is 47.6 Å². The lowest BCUT2D eigenvalue weighted by atomic mass is 9.98.